The number of hydrogen-bond donors (Lipinski definition) is 1. The van der Waals surface area contributed by atoms with Gasteiger partial charge in [-0.1, -0.05) is 0 Å². The molecule has 0 unspecified atom stereocenters. The van der Waals surface area contributed by atoms with Crippen molar-refractivity contribution >= 4 is 20.7 Å². The molecular weight excluding hydrogens is 407 g/mol. The first-order valence-electron chi connectivity index (χ1n) is 7.33. The first kappa shape index (κ1) is 19.5. The van der Waals surface area contributed by atoms with Crippen LogP contribution in [0.3, 0.4) is 0 Å². The molecule has 28 heavy (non-hydrogen) atoms. The number of alkyl halides is 3. The molecule has 1 aromatic heterocycles. The van der Waals surface area contributed by atoms with E-state index in [0.717, 1.165) is 18.2 Å². The minimum atomic E-state index is -5.84. The van der Waals surface area contributed by atoms with E-state index >= 15 is 0 Å². The molecule has 0 amide bonds. The average molecular weight is 414 g/mol. The van der Waals surface area contributed by atoms with Crippen molar-refractivity contribution in [2.24, 2.45) is 0 Å². The van der Waals surface area contributed by atoms with Crippen molar-refractivity contribution in [3.63, 3.8) is 0 Å². The number of aromatic amines is 1. The number of aromatic nitrogens is 1. The van der Waals surface area contributed by atoms with Gasteiger partial charge in [-0.25, -0.2) is 17.2 Å². The Kier molecular flexibility index (Phi) is 4.47. The maximum absolute atomic E-state index is 13.8. The fourth-order valence-corrected chi connectivity index (χ4v) is 3.58. The van der Waals surface area contributed by atoms with Crippen LogP contribution in [0.5, 0.6) is 0 Å². The fourth-order valence-electron chi connectivity index (χ4n) is 2.62. The van der Waals surface area contributed by atoms with Gasteiger partial charge in [-0.3, -0.25) is 4.79 Å². The van der Waals surface area contributed by atoms with Crippen LogP contribution in [0.15, 0.2) is 46.1 Å². The third-order valence-corrected chi connectivity index (χ3v) is 5.38. The Labute approximate surface area is 153 Å². The minimum absolute atomic E-state index is 0.192. The Bertz CT molecular complexity index is 1320. The number of nitrogens with one attached hydrogen (secondary N) is 1. The Balaban J connectivity index is 2.42. The van der Waals surface area contributed by atoms with Gasteiger partial charge in [0.1, 0.15) is 11.6 Å². The number of nitrogens with zero attached hydrogens (tertiary/aromatic N) is 1. The molecule has 0 saturated heterocycles. The second-order valence-corrected chi connectivity index (χ2v) is 7.54. The third kappa shape index (κ3) is 3.11. The predicted molar refractivity (Wildman–Crippen MR) is 87.9 cm³/mol. The highest BCUT2D eigenvalue weighted by Crippen LogP contribution is 2.36. The second-order valence-electron chi connectivity index (χ2n) is 5.63. The average Bonchev–Trinajstić information content (AvgIpc) is 2.59. The summed E-state index contributed by atoms with van der Waals surface area (Å²) in [6, 6.07) is 5.76. The van der Waals surface area contributed by atoms with Crippen molar-refractivity contribution in [2.45, 2.75) is 10.4 Å². The molecule has 0 fully saturated rings. The van der Waals surface area contributed by atoms with Crippen LogP contribution in [-0.2, 0) is 9.84 Å². The molecule has 0 aliphatic heterocycles. The molecule has 3 rings (SSSR count). The van der Waals surface area contributed by atoms with Gasteiger partial charge in [-0.05, 0) is 24.3 Å². The molecule has 5 nitrogen and oxygen atoms in total. The van der Waals surface area contributed by atoms with Crippen LogP contribution in [0.25, 0.3) is 22.2 Å². The Hall–Kier alpha value is -3.26. The molecule has 11 heteroatoms. The van der Waals surface area contributed by atoms with Gasteiger partial charge in [-0.15, -0.1) is 0 Å². The summed E-state index contributed by atoms with van der Waals surface area (Å²) < 4.78 is 90.1. The molecule has 3 aromatic rings. The molecular formula is C17H7F5N2O3S. The number of hydrogen-bond acceptors (Lipinski definition) is 4. The van der Waals surface area contributed by atoms with Crippen LogP contribution < -0.4 is 5.43 Å². The van der Waals surface area contributed by atoms with Gasteiger partial charge in [0.05, 0.1) is 33.1 Å². The number of rotatable bonds is 2. The molecule has 0 bridgehead atoms. The lowest BCUT2D eigenvalue weighted by atomic mass is 10.1. The maximum atomic E-state index is 13.8. The molecule has 144 valence electrons. The zero-order valence-electron chi connectivity index (χ0n) is 13.4. The zero-order chi connectivity index (χ0) is 20.9. The first-order valence-corrected chi connectivity index (χ1v) is 8.82. The van der Waals surface area contributed by atoms with Gasteiger partial charge < -0.3 is 4.98 Å². The van der Waals surface area contributed by atoms with Gasteiger partial charge >= 0.3 is 5.51 Å². The Morgan fingerprint density at radius 3 is 2.32 bits per heavy atom. The normalized spacial score (nSPS) is 12.1. The summed E-state index contributed by atoms with van der Waals surface area (Å²) in [4.78, 5) is 13.3. The van der Waals surface area contributed by atoms with E-state index in [4.69, 9.17) is 5.26 Å². The number of halogens is 5. The highest BCUT2D eigenvalue weighted by Gasteiger charge is 2.48. The first-order chi connectivity index (χ1) is 13.0. The van der Waals surface area contributed by atoms with E-state index in [1.165, 1.54) is 0 Å². The van der Waals surface area contributed by atoms with Crippen LogP contribution in [0.2, 0.25) is 0 Å². The molecule has 0 aliphatic rings. The largest absolute Gasteiger partial charge is 0.501 e. The fraction of sp³-hybridized carbons (Fsp3) is 0.0588. The zero-order valence-corrected chi connectivity index (χ0v) is 14.3. The van der Waals surface area contributed by atoms with Gasteiger partial charge in [0, 0.05) is 17.7 Å². The van der Waals surface area contributed by atoms with Crippen molar-refractivity contribution in [2.75, 3.05) is 0 Å². The lowest BCUT2D eigenvalue weighted by molar-refractivity contribution is -0.0435. The highest BCUT2D eigenvalue weighted by atomic mass is 32.2. The smallest absolute Gasteiger partial charge is 0.354 e. The quantitative estimate of drug-likeness (QED) is 0.649. The minimum Gasteiger partial charge on any atom is -0.354 e. The number of nitriles is 1. The van der Waals surface area contributed by atoms with Gasteiger partial charge in [0.15, 0.2) is 5.43 Å². The van der Waals surface area contributed by atoms with Crippen LogP contribution in [0.1, 0.15) is 5.56 Å². The van der Waals surface area contributed by atoms with E-state index in [-0.39, 0.29) is 5.56 Å². The maximum Gasteiger partial charge on any atom is 0.501 e. The molecule has 1 N–H and O–H groups in total. The van der Waals surface area contributed by atoms with Crippen LogP contribution >= 0.6 is 0 Å². The molecule has 0 spiro atoms. The summed E-state index contributed by atoms with van der Waals surface area (Å²) >= 11 is 0. The van der Waals surface area contributed by atoms with E-state index in [1.807, 2.05) is 0 Å². The van der Waals surface area contributed by atoms with Gasteiger partial charge in [-0.2, -0.15) is 18.4 Å². The molecule has 2 aromatic carbocycles. The van der Waals surface area contributed by atoms with E-state index < -0.39 is 59.5 Å². The van der Waals surface area contributed by atoms with Gasteiger partial charge in [0.25, 0.3) is 9.84 Å². The number of H-pyrrole nitrogens is 1. The van der Waals surface area contributed by atoms with E-state index in [1.54, 1.807) is 6.07 Å². The highest BCUT2D eigenvalue weighted by molar-refractivity contribution is 7.92. The lowest BCUT2D eigenvalue weighted by Crippen LogP contribution is -2.24. The van der Waals surface area contributed by atoms with E-state index in [9.17, 15) is 35.2 Å². The molecule has 0 atom stereocenters. The molecule has 0 radical (unpaired) electrons. The summed E-state index contributed by atoms with van der Waals surface area (Å²) in [7, 11) is -5.84. The predicted octanol–water partition coefficient (Wildman–Crippen LogP) is 3.64. The SMILES string of the molecule is N#Cc1ccc(S(=O)(=O)C(F)(F)F)c(-c2cc(=O)c3c(F)cc(F)cc3[nH]2)c1. The number of sulfone groups is 1. The summed E-state index contributed by atoms with van der Waals surface area (Å²) in [5.41, 5.74) is -8.34. The second kappa shape index (κ2) is 6.42. The van der Waals surface area contributed by atoms with Crippen molar-refractivity contribution in [1.82, 2.24) is 4.98 Å². The molecule has 1 heterocycles. The van der Waals surface area contributed by atoms with E-state index in [0.29, 0.717) is 18.2 Å². The van der Waals surface area contributed by atoms with Crippen LogP contribution in [-0.4, -0.2) is 18.9 Å². The topological polar surface area (TPSA) is 90.8 Å². The van der Waals surface area contributed by atoms with Crippen molar-refractivity contribution < 1.29 is 30.4 Å². The Morgan fingerprint density at radius 1 is 1.04 bits per heavy atom. The Morgan fingerprint density at radius 2 is 1.71 bits per heavy atom. The van der Waals surface area contributed by atoms with Crippen molar-refractivity contribution in [1.29, 1.82) is 5.26 Å². The van der Waals surface area contributed by atoms with Crippen molar-refractivity contribution in [3.8, 4) is 17.3 Å². The number of fused-ring (bicyclic) bond motifs is 1. The van der Waals surface area contributed by atoms with Crippen LogP contribution in [0, 0.1) is 23.0 Å². The summed E-state index contributed by atoms with van der Waals surface area (Å²) in [6.07, 6.45) is 0. The monoisotopic (exact) mass is 414 g/mol. The number of pyridine rings is 1. The van der Waals surface area contributed by atoms with Gasteiger partial charge in [0.2, 0.25) is 0 Å². The molecule has 0 saturated carbocycles. The van der Waals surface area contributed by atoms with E-state index in [2.05, 4.69) is 4.98 Å². The third-order valence-electron chi connectivity index (χ3n) is 3.84. The van der Waals surface area contributed by atoms with Crippen LogP contribution in [0.4, 0.5) is 22.0 Å². The standard InChI is InChI=1S/C17H7F5N2O3S/c18-9-4-11(19)16-13(5-9)24-12(6-14(16)25)10-3-8(7-23)1-2-15(10)28(26,27)17(20,21)22/h1-6H,(H,24,25). The summed E-state index contributed by atoms with van der Waals surface area (Å²) in [5.74, 6) is -2.26. The summed E-state index contributed by atoms with van der Waals surface area (Å²) in [6.45, 7) is 0. The lowest BCUT2D eigenvalue weighted by Gasteiger charge is -2.14. The van der Waals surface area contributed by atoms with Crippen molar-refractivity contribution in [3.05, 3.63) is 63.8 Å². The summed E-state index contributed by atoms with van der Waals surface area (Å²) in [5, 5.41) is 8.41. The molecule has 0 aliphatic carbocycles. The number of benzene rings is 2.